The molecule has 0 aromatic carbocycles. The number of hydrogen-bond donors (Lipinski definition) is 0. The van der Waals surface area contributed by atoms with Gasteiger partial charge in [0.05, 0.1) is 57.5 Å². The van der Waals surface area contributed by atoms with E-state index in [0.717, 1.165) is 13.0 Å². The van der Waals surface area contributed by atoms with Crippen molar-refractivity contribution in [2.45, 2.75) is 82.2 Å². The third-order valence-corrected chi connectivity index (χ3v) is 8.25. The van der Waals surface area contributed by atoms with Crippen molar-refractivity contribution in [3.05, 3.63) is 0 Å². The fourth-order valence-electron chi connectivity index (χ4n) is 6.72. The Morgan fingerprint density at radius 2 is 0.833 bits per heavy atom. The van der Waals surface area contributed by atoms with E-state index in [1.807, 2.05) is 0 Å². The van der Waals surface area contributed by atoms with Gasteiger partial charge in [-0.15, -0.1) is 0 Å². The Morgan fingerprint density at radius 1 is 0.367 bits per heavy atom. The SMILES string of the molecule is C1COCOC2C3CCCCC3C2OCCOCCOC2C3CCCCC3C2OC1. The topological polar surface area (TPSA) is 55.4 Å². The van der Waals surface area contributed by atoms with Crippen molar-refractivity contribution in [3.63, 3.8) is 0 Å². The molecule has 5 aliphatic rings. The molecule has 0 aromatic heterocycles. The van der Waals surface area contributed by atoms with Gasteiger partial charge >= 0.3 is 0 Å². The van der Waals surface area contributed by atoms with Crippen molar-refractivity contribution in [1.29, 1.82) is 0 Å². The lowest BCUT2D eigenvalue weighted by atomic mass is 9.61. The average molecular weight is 425 g/mol. The summed E-state index contributed by atoms with van der Waals surface area (Å²) in [6.45, 7) is 4.33. The summed E-state index contributed by atoms with van der Waals surface area (Å²) in [6.07, 6.45) is 12.2. The second-order valence-electron chi connectivity index (χ2n) is 9.85. The normalized spacial score (nSPS) is 46.4. The van der Waals surface area contributed by atoms with Crippen molar-refractivity contribution < 1.29 is 28.4 Å². The Kier molecular flexibility index (Phi) is 7.62. The highest BCUT2D eigenvalue weighted by atomic mass is 16.7. The van der Waals surface area contributed by atoms with E-state index in [0.29, 0.717) is 63.5 Å². The van der Waals surface area contributed by atoms with E-state index in [4.69, 9.17) is 28.4 Å². The molecule has 0 aromatic rings. The lowest BCUT2D eigenvalue weighted by molar-refractivity contribution is -0.247. The molecule has 6 nitrogen and oxygen atoms in total. The highest BCUT2D eigenvalue weighted by Gasteiger charge is 2.53. The van der Waals surface area contributed by atoms with Crippen LogP contribution in [0.15, 0.2) is 0 Å². The third-order valence-electron chi connectivity index (χ3n) is 8.25. The quantitative estimate of drug-likeness (QED) is 0.593. The van der Waals surface area contributed by atoms with Gasteiger partial charge in [0.1, 0.15) is 6.79 Å². The molecule has 6 heteroatoms. The van der Waals surface area contributed by atoms with Crippen LogP contribution < -0.4 is 0 Å². The van der Waals surface area contributed by atoms with Crippen LogP contribution in [0, 0.1) is 23.7 Å². The van der Waals surface area contributed by atoms with Crippen molar-refractivity contribution >= 4 is 0 Å². The van der Waals surface area contributed by atoms with E-state index in [-0.39, 0.29) is 24.4 Å². The van der Waals surface area contributed by atoms with Gasteiger partial charge in [-0.3, -0.25) is 0 Å². The molecule has 1 heterocycles. The van der Waals surface area contributed by atoms with E-state index in [1.165, 1.54) is 51.4 Å². The average Bonchev–Trinajstić information content (AvgIpc) is 2.76. The molecule has 0 radical (unpaired) electrons. The smallest absolute Gasteiger partial charge is 0.147 e. The van der Waals surface area contributed by atoms with E-state index >= 15 is 0 Å². The van der Waals surface area contributed by atoms with Gasteiger partial charge < -0.3 is 28.4 Å². The first kappa shape index (κ1) is 21.6. The van der Waals surface area contributed by atoms with Gasteiger partial charge in [0, 0.05) is 6.61 Å². The second kappa shape index (κ2) is 10.6. The molecule has 4 saturated carbocycles. The molecule has 30 heavy (non-hydrogen) atoms. The molecule has 1 aliphatic heterocycles. The van der Waals surface area contributed by atoms with Crippen molar-refractivity contribution in [1.82, 2.24) is 0 Å². The molecule has 172 valence electrons. The van der Waals surface area contributed by atoms with E-state index in [1.54, 1.807) is 0 Å². The summed E-state index contributed by atoms with van der Waals surface area (Å²) in [4.78, 5) is 0. The van der Waals surface area contributed by atoms with E-state index in [9.17, 15) is 0 Å². The first-order chi connectivity index (χ1) is 14.9. The summed E-state index contributed by atoms with van der Waals surface area (Å²) in [5, 5.41) is 0. The highest BCUT2D eigenvalue weighted by molar-refractivity contribution is 5.02. The van der Waals surface area contributed by atoms with Gasteiger partial charge in [-0.2, -0.15) is 0 Å². The minimum atomic E-state index is 0.188. The van der Waals surface area contributed by atoms with Crippen LogP contribution in [0.4, 0.5) is 0 Å². The van der Waals surface area contributed by atoms with Crippen molar-refractivity contribution in [2.75, 3.05) is 46.4 Å². The minimum absolute atomic E-state index is 0.188. The molecule has 5 rings (SSSR count). The maximum atomic E-state index is 6.27. The van der Waals surface area contributed by atoms with Gasteiger partial charge in [-0.25, -0.2) is 0 Å². The highest BCUT2D eigenvalue weighted by Crippen LogP contribution is 2.49. The molecule has 5 fully saturated rings. The Hall–Kier alpha value is -0.240. The molecular weight excluding hydrogens is 384 g/mol. The summed E-state index contributed by atoms with van der Waals surface area (Å²) in [5.74, 6) is 2.67. The molecule has 0 bridgehead atoms. The second-order valence-corrected chi connectivity index (χ2v) is 9.85. The zero-order valence-electron chi connectivity index (χ0n) is 18.4. The summed E-state index contributed by atoms with van der Waals surface area (Å²) < 4.78 is 36.4. The predicted molar refractivity (Wildman–Crippen MR) is 111 cm³/mol. The maximum absolute atomic E-state index is 6.27. The minimum Gasteiger partial charge on any atom is -0.377 e. The van der Waals surface area contributed by atoms with Crippen LogP contribution in [0.1, 0.15) is 57.8 Å². The molecule has 0 N–H and O–H groups in total. The lowest BCUT2D eigenvalue weighted by Crippen LogP contribution is -2.59. The Balaban J connectivity index is 1.12. The number of hydrogen-bond acceptors (Lipinski definition) is 6. The zero-order chi connectivity index (χ0) is 20.2. The summed E-state index contributed by atoms with van der Waals surface area (Å²) in [7, 11) is 0. The monoisotopic (exact) mass is 424 g/mol. The number of fused-ring (bicyclic) bond motifs is 8. The largest absolute Gasteiger partial charge is 0.377 e. The van der Waals surface area contributed by atoms with Crippen LogP contribution in [-0.4, -0.2) is 70.9 Å². The van der Waals surface area contributed by atoms with Gasteiger partial charge in [0.25, 0.3) is 0 Å². The molecule has 8 atom stereocenters. The number of rotatable bonds is 0. The van der Waals surface area contributed by atoms with Gasteiger partial charge in [0.2, 0.25) is 0 Å². The van der Waals surface area contributed by atoms with Crippen molar-refractivity contribution in [2.24, 2.45) is 23.7 Å². The van der Waals surface area contributed by atoms with Gasteiger partial charge in [-0.1, -0.05) is 25.7 Å². The molecule has 8 unspecified atom stereocenters. The predicted octanol–water partition coefficient (Wildman–Crippen LogP) is 3.56. The molecule has 4 aliphatic carbocycles. The van der Waals surface area contributed by atoms with Crippen LogP contribution in [0.5, 0.6) is 0 Å². The van der Waals surface area contributed by atoms with Crippen LogP contribution in [0.2, 0.25) is 0 Å². The molecular formula is C24H40O6. The molecule has 0 amide bonds. The van der Waals surface area contributed by atoms with E-state index in [2.05, 4.69) is 0 Å². The third kappa shape index (κ3) is 4.60. The van der Waals surface area contributed by atoms with Crippen LogP contribution in [-0.2, 0) is 28.4 Å². The Labute approximate surface area is 181 Å². The number of ether oxygens (including phenoxy) is 6. The zero-order valence-corrected chi connectivity index (χ0v) is 18.4. The Morgan fingerprint density at radius 3 is 1.37 bits per heavy atom. The molecule has 1 saturated heterocycles. The molecule has 0 spiro atoms. The van der Waals surface area contributed by atoms with Crippen LogP contribution >= 0.6 is 0 Å². The van der Waals surface area contributed by atoms with E-state index < -0.39 is 0 Å². The summed E-state index contributed by atoms with van der Waals surface area (Å²) in [6, 6.07) is 0. The fraction of sp³-hybridized carbons (Fsp3) is 1.00. The Bertz CT molecular complexity index is 440. The lowest BCUT2D eigenvalue weighted by Gasteiger charge is -2.53. The first-order valence-corrected chi connectivity index (χ1v) is 12.6. The van der Waals surface area contributed by atoms with Gasteiger partial charge in [-0.05, 0) is 55.8 Å². The standard InChI is InChI=1S/C24H40O6/c1-2-7-18-17(6-1)21-22(18)28-14-12-25-13-15-29-23-19-8-3-4-9-20(19)24(23)30-16-26-10-5-11-27-21/h17-24H,1-16H2. The fourth-order valence-corrected chi connectivity index (χ4v) is 6.72. The van der Waals surface area contributed by atoms with Crippen LogP contribution in [0.3, 0.4) is 0 Å². The summed E-state index contributed by atoms with van der Waals surface area (Å²) >= 11 is 0. The maximum Gasteiger partial charge on any atom is 0.147 e. The summed E-state index contributed by atoms with van der Waals surface area (Å²) in [5.41, 5.74) is 0. The van der Waals surface area contributed by atoms with Gasteiger partial charge in [0.15, 0.2) is 0 Å². The first-order valence-electron chi connectivity index (χ1n) is 12.6. The van der Waals surface area contributed by atoms with Crippen molar-refractivity contribution in [3.8, 4) is 0 Å². The van der Waals surface area contributed by atoms with Crippen LogP contribution in [0.25, 0.3) is 0 Å².